The molecule has 0 aliphatic carbocycles. The fourth-order valence-electron chi connectivity index (χ4n) is 2.43. The number of sulfonamides is 1. The van der Waals surface area contributed by atoms with E-state index in [9.17, 15) is 13.2 Å². The minimum Gasteiger partial charge on any atom is -0.476 e. The lowest BCUT2D eigenvalue weighted by Crippen LogP contribution is -2.51. The maximum atomic E-state index is 12.9. The van der Waals surface area contributed by atoms with Crippen molar-refractivity contribution in [2.45, 2.75) is 44.2 Å². The molecule has 1 aliphatic rings. The van der Waals surface area contributed by atoms with E-state index >= 15 is 0 Å². The van der Waals surface area contributed by atoms with Gasteiger partial charge in [0.15, 0.2) is 5.69 Å². The Morgan fingerprint density at radius 2 is 2.24 bits per heavy atom. The van der Waals surface area contributed by atoms with E-state index in [0.717, 1.165) is 0 Å². The van der Waals surface area contributed by atoms with Gasteiger partial charge in [0.25, 0.3) is 0 Å². The lowest BCUT2D eigenvalue weighted by atomic mass is 10.2. The number of hydrogen-bond donors (Lipinski definition) is 2. The Balaban J connectivity index is 2.50. The molecule has 2 N–H and O–H groups in total. The number of rotatable bonds is 4. The van der Waals surface area contributed by atoms with Crippen LogP contribution in [0.4, 0.5) is 0 Å². The van der Waals surface area contributed by atoms with E-state index in [0.29, 0.717) is 13.0 Å². The van der Waals surface area contributed by atoms with Gasteiger partial charge in [0.05, 0.1) is 18.4 Å². The van der Waals surface area contributed by atoms with Gasteiger partial charge in [0, 0.05) is 12.6 Å². The first-order valence-electron chi connectivity index (χ1n) is 6.70. The third-order valence-corrected chi connectivity index (χ3v) is 5.63. The van der Waals surface area contributed by atoms with Crippen molar-refractivity contribution in [2.24, 2.45) is 0 Å². The molecule has 2 rings (SSSR count). The third kappa shape index (κ3) is 2.81. The number of carboxylic acid groups (broad SMARTS) is 1. The third-order valence-electron chi connectivity index (χ3n) is 3.55. The van der Waals surface area contributed by atoms with Crippen LogP contribution in [0.1, 0.15) is 36.5 Å². The Bertz CT molecular complexity index is 639. The summed E-state index contributed by atoms with van der Waals surface area (Å²) in [7, 11) is -3.94. The smallest absolute Gasteiger partial charge is 0.357 e. The van der Waals surface area contributed by atoms with Gasteiger partial charge >= 0.3 is 5.97 Å². The highest BCUT2D eigenvalue weighted by atomic mass is 32.2. The van der Waals surface area contributed by atoms with Crippen LogP contribution in [-0.4, -0.2) is 59.3 Å². The lowest BCUT2D eigenvalue weighted by Gasteiger charge is -2.37. The number of nitrogens with zero attached hydrogens (tertiary/aromatic N) is 2. The van der Waals surface area contributed by atoms with Crippen LogP contribution in [-0.2, 0) is 14.8 Å². The first kappa shape index (κ1) is 15.9. The summed E-state index contributed by atoms with van der Waals surface area (Å²) in [6, 6.07) is -0.304. The van der Waals surface area contributed by atoms with Crippen molar-refractivity contribution in [3.63, 3.8) is 0 Å². The van der Waals surface area contributed by atoms with Crippen molar-refractivity contribution < 1.29 is 23.1 Å². The second-order valence-corrected chi connectivity index (χ2v) is 6.94. The van der Waals surface area contributed by atoms with Crippen LogP contribution in [0.2, 0.25) is 0 Å². The average Bonchev–Trinajstić information content (AvgIpc) is 2.81. The number of morpholine rings is 1. The van der Waals surface area contributed by atoms with Crippen LogP contribution in [0, 0.1) is 6.92 Å². The largest absolute Gasteiger partial charge is 0.476 e. The van der Waals surface area contributed by atoms with Gasteiger partial charge in [-0.25, -0.2) is 13.2 Å². The maximum absolute atomic E-state index is 12.9. The number of aromatic carboxylic acids is 1. The van der Waals surface area contributed by atoms with Gasteiger partial charge in [-0.15, -0.1) is 0 Å². The van der Waals surface area contributed by atoms with E-state index in [1.54, 1.807) is 6.92 Å². The van der Waals surface area contributed by atoms with Crippen molar-refractivity contribution in [2.75, 3.05) is 13.2 Å². The molecule has 9 heteroatoms. The number of carbonyl (C=O) groups is 1. The van der Waals surface area contributed by atoms with E-state index in [-0.39, 0.29) is 29.3 Å². The Morgan fingerprint density at radius 1 is 1.57 bits per heavy atom. The Kier molecular flexibility index (Phi) is 4.35. The van der Waals surface area contributed by atoms with Crippen LogP contribution < -0.4 is 0 Å². The van der Waals surface area contributed by atoms with Gasteiger partial charge in [0.1, 0.15) is 4.90 Å². The van der Waals surface area contributed by atoms with E-state index in [1.807, 2.05) is 6.92 Å². The minimum atomic E-state index is -3.94. The van der Waals surface area contributed by atoms with E-state index in [4.69, 9.17) is 9.84 Å². The zero-order valence-electron chi connectivity index (χ0n) is 12.2. The molecule has 1 aromatic rings. The van der Waals surface area contributed by atoms with Crippen molar-refractivity contribution in [1.82, 2.24) is 14.5 Å². The number of carboxylic acids is 1. The molecule has 0 amide bonds. The summed E-state index contributed by atoms with van der Waals surface area (Å²) in [6.07, 6.45) is 0.355. The Labute approximate surface area is 123 Å². The predicted octanol–water partition coefficient (Wildman–Crippen LogP) is 0.604. The zero-order chi connectivity index (χ0) is 15.8. The maximum Gasteiger partial charge on any atom is 0.357 e. The van der Waals surface area contributed by atoms with Gasteiger partial charge in [-0.1, -0.05) is 6.92 Å². The first-order valence-corrected chi connectivity index (χ1v) is 8.14. The molecular weight excluding hydrogens is 298 g/mol. The fraction of sp³-hybridized carbons (Fsp3) is 0.667. The summed E-state index contributed by atoms with van der Waals surface area (Å²) in [5.74, 6) is -1.37. The summed E-state index contributed by atoms with van der Waals surface area (Å²) in [6.45, 7) is 5.65. The molecule has 0 bridgehead atoms. The highest BCUT2D eigenvalue weighted by Crippen LogP contribution is 2.27. The molecule has 2 atom stereocenters. The zero-order valence-corrected chi connectivity index (χ0v) is 13.0. The molecule has 2 heterocycles. The molecule has 1 aliphatic heterocycles. The summed E-state index contributed by atoms with van der Waals surface area (Å²) >= 11 is 0. The molecule has 0 aromatic carbocycles. The molecule has 1 aromatic heterocycles. The molecule has 2 unspecified atom stereocenters. The molecule has 1 fully saturated rings. The minimum absolute atomic E-state index is 0.199. The molecule has 8 nitrogen and oxygen atoms in total. The predicted molar refractivity (Wildman–Crippen MR) is 73.7 cm³/mol. The molecule has 1 saturated heterocycles. The average molecular weight is 317 g/mol. The molecule has 0 radical (unpaired) electrons. The quantitative estimate of drug-likeness (QED) is 0.841. The van der Waals surface area contributed by atoms with Crippen LogP contribution in [0.25, 0.3) is 0 Å². The monoisotopic (exact) mass is 317 g/mol. The van der Waals surface area contributed by atoms with E-state index in [2.05, 4.69) is 10.2 Å². The molecule has 118 valence electrons. The Morgan fingerprint density at radius 3 is 2.81 bits per heavy atom. The van der Waals surface area contributed by atoms with E-state index < -0.39 is 21.7 Å². The number of aromatic nitrogens is 2. The number of H-pyrrole nitrogens is 1. The van der Waals surface area contributed by atoms with Crippen molar-refractivity contribution in [3.8, 4) is 0 Å². The van der Waals surface area contributed by atoms with Crippen LogP contribution in [0.15, 0.2) is 4.90 Å². The number of aryl methyl sites for hydroxylation is 1. The standard InChI is InChI=1S/C12H19N3O5S/c1-4-9-6-20-7(2)5-15(9)21(18,19)11-8(3)13-14-10(11)12(16)17/h7,9H,4-6H2,1-3H3,(H,13,14)(H,16,17). The fourth-order valence-corrected chi connectivity index (χ4v) is 4.48. The van der Waals surface area contributed by atoms with Crippen LogP contribution in [0.3, 0.4) is 0 Å². The van der Waals surface area contributed by atoms with Gasteiger partial charge in [-0.3, -0.25) is 5.10 Å². The number of nitrogens with one attached hydrogen (secondary N) is 1. The molecule has 0 saturated carbocycles. The second kappa shape index (κ2) is 5.74. The topological polar surface area (TPSA) is 113 Å². The van der Waals surface area contributed by atoms with Gasteiger partial charge in [-0.05, 0) is 20.3 Å². The number of aromatic amines is 1. The number of hydrogen-bond acceptors (Lipinski definition) is 5. The molecular formula is C12H19N3O5S. The highest BCUT2D eigenvalue weighted by Gasteiger charge is 2.39. The summed E-state index contributed by atoms with van der Waals surface area (Å²) in [4.78, 5) is 10.9. The van der Waals surface area contributed by atoms with Crippen LogP contribution >= 0.6 is 0 Å². The molecule has 0 spiro atoms. The lowest BCUT2D eigenvalue weighted by molar-refractivity contribution is -0.0230. The summed E-state index contributed by atoms with van der Waals surface area (Å²) < 4.78 is 32.5. The second-order valence-electron chi connectivity index (χ2n) is 5.11. The van der Waals surface area contributed by atoms with Crippen LogP contribution in [0.5, 0.6) is 0 Å². The van der Waals surface area contributed by atoms with Crippen molar-refractivity contribution >= 4 is 16.0 Å². The molecule has 21 heavy (non-hydrogen) atoms. The SMILES string of the molecule is CCC1COC(C)CN1S(=O)(=O)c1c(C(=O)O)n[nH]c1C. The Hall–Kier alpha value is -1.45. The van der Waals surface area contributed by atoms with E-state index in [1.165, 1.54) is 11.2 Å². The summed E-state index contributed by atoms with van der Waals surface area (Å²) in [5, 5.41) is 15.2. The highest BCUT2D eigenvalue weighted by molar-refractivity contribution is 7.89. The van der Waals surface area contributed by atoms with Gasteiger partial charge in [-0.2, -0.15) is 9.40 Å². The van der Waals surface area contributed by atoms with Gasteiger partial charge in [0.2, 0.25) is 10.0 Å². The first-order chi connectivity index (χ1) is 9.78. The summed E-state index contributed by atoms with van der Waals surface area (Å²) in [5.41, 5.74) is -0.247. The normalized spacial score (nSPS) is 24.1. The van der Waals surface area contributed by atoms with Crippen molar-refractivity contribution in [1.29, 1.82) is 0 Å². The number of ether oxygens (including phenoxy) is 1. The van der Waals surface area contributed by atoms with Gasteiger partial charge < -0.3 is 9.84 Å². The van der Waals surface area contributed by atoms with Crippen molar-refractivity contribution in [3.05, 3.63) is 11.4 Å².